The summed E-state index contributed by atoms with van der Waals surface area (Å²) in [5, 5.41) is 0. The molecule has 2 N–H and O–H groups in total. The SMILES string of the molecule is Cl.Nc1nccc(C#Cc2cc(F)cc(Oc3cccnc3)c2)n1. The van der Waals surface area contributed by atoms with Gasteiger partial charge in [-0.05, 0) is 36.3 Å². The maximum absolute atomic E-state index is 13.7. The summed E-state index contributed by atoms with van der Waals surface area (Å²) < 4.78 is 19.3. The van der Waals surface area contributed by atoms with Crippen molar-refractivity contribution in [3.8, 4) is 23.3 Å². The third kappa shape index (κ3) is 4.66. The Morgan fingerprint density at radius 1 is 1.04 bits per heavy atom. The Bertz CT molecular complexity index is 894. The van der Waals surface area contributed by atoms with Crippen molar-refractivity contribution in [1.29, 1.82) is 0 Å². The number of nitrogens with two attached hydrogens (primary N) is 1. The summed E-state index contributed by atoms with van der Waals surface area (Å²) in [6.07, 6.45) is 4.68. The van der Waals surface area contributed by atoms with Crippen LogP contribution in [0.2, 0.25) is 0 Å². The summed E-state index contributed by atoms with van der Waals surface area (Å²) in [6, 6.07) is 9.31. The lowest BCUT2D eigenvalue weighted by Crippen LogP contribution is -1.95. The topological polar surface area (TPSA) is 73.9 Å². The zero-order chi connectivity index (χ0) is 16.1. The Morgan fingerprint density at radius 2 is 1.92 bits per heavy atom. The van der Waals surface area contributed by atoms with E-state index in [2.05, 4.69) is 26.8 Å². The van der Waals surface area contributed by atoms with E-state index in [4.69, 9.17) is 10.5 Å². The van der Waals surface area contributed by atoms with Crippen LogP contribution < -0.4 is 10.5 Å². The van der Waals surface area contributed by atoms with Crippen molar-refractivity contribution in [1.82, 2.24) is 15.0 Å². The minimum atomic E-state index is -0.446. The number of ether oxygens (including phenoxy) is 1. The zero-order valence-electron chi connectivity index (χ0n) is 12.3. The fourth-order valence-corrected chi connectivity index (χ4v) is 1.82. The van der Waals surface area contributed by atoms with Crippen LogP contribution in [0.4, 0.5) is 10.3 Å². The Kier molecular flexibility index (Phi) is 5.66. The van der Waals surface area contributed by atoms with Gasteiger partial charge in [-0.25, -0.2) is 14.4 Å². The van der Waals surface area contributed by atoms with Crippen LogP contribution in [0.5, 0.6) is 11.5 Å². The third-order valence-electron chi connectivity index (χ3n) is 2.75. The van der Waals surface area contributed by atoms with E-state index in [0.717, 1.165) is 0 Å². The second-order valence-electron chi connectivity index (χ2n) is 4.52. The zero-order valence-corrected chi connectivity index (χ0v) is 13.1. The lowest BCUT2D eigenvalue weighted by molar-refractivity contribution is 0.474. The molecule has 0 spiro atoms. The molecular formula is C17H12ClFN4O. The quantitative estimate of drug-likeness (QED) is 0.724. The first-order chi connectivity index (χ1) is 11.2. The Morgan fingerprint density at radius 3 is 2.67 bits per heavy atom. The second kappa shape index (κ2) is 7.90. The molecule has 2 heterocycles. The number of hydrogen-bond acceptors (Lipinski definition) is 5. The van der Waals surface area contributed by atoms with Crippen LogP contribution in [0.1, 0.15) is 11.3 Å². The van der Waals surface area contributed by atoms with Crippen LogP contribution >= 0.6 is 12.4 Å². The summed E-state index contributed by atoms with van der Waals surface area (Å²) in [7, 11) is 0. The molecule has 0 saturated carbocycles. The molecule has 0 aliphatic carbocycles. The number of rotatable bonds is 2. The van der Waals surface area contributed by atoms with Gasteiger partial charge in [0.1, 0.15) is 23.0 Å². The maximum Gasteiger partial charge on any atom is 0.221 e. The molecule has 0 fully saturated rings. The average molecular weight is 343 g/mol. The van der Waals surface area contributed by atoms with Gasteiger partial charge in [-0.1, -0.05) is 5.92 Å². The standard InChI is InChI=1S/C17H11FN4O.ClH/c18-13-8-12(3-4-14-5-7-21-17(19)22-14)9-16(10-13)23-15-2-1-6-20-11-15;/h1-2,5-11H,(H2,19,21,22);1H. The van der Waals surface area contributed by atoms with Gasteiger partial charge in [-0.2, -0.15) is 0 Å². The van der Waals surface area contributed by atoms with Crippen molar-refractivity contribution in [2.24, 2.45) is 0 Å². The Labute approximate surface area is 144 Å². The molecule has 5 nitrogen and oxygen atoms in total. The van der Waals surface area contributed by atoms with Gasteiger partial charge in [0.25, 0.3) is 0 Å². The number of pyridine rings is 1. The molecular weight excluding hydrogens is 331 g/mol. The molecule has 2 aromatic heterocycles. The first-order valence-electron chi connectivity index (χ1n) is 6.68. The highest BCUT2D eigenvalue weighted by atomic mass is 35.5. The van der Waals surface area contributed by atoms with E-state index in [1.165, 1.54) is 18.3 Å². The summed E-state index contributed by atoms with van der Waals surface area (Å²) in [4.78, 5) is 11.7. The fourth-order valence-electron chi connectivity index (χ4n) is 1.82. The van der Waals surface area contributed by atoms with Gasteiger partial charge in [-0.15, -0.1) is 12.4 Å². The van der Waals surface area contributed by atoms with E-state index in [1.807, 2.05) is 0 Å². The fraction of sp³-hybridized carbons (Fsp3) is 0. The molecule has 0 saturated heterocycles. The summed E-state index contributed by atoms with van der Waals surface area (Å²) in [5.41, 5.74) is 6.40. The molecule has 120 valence electrons. The van der Waals surface area contributed by atoms with Crippen molar-refractivity contribution >= 4 is 18.4 Å². The van der Waals surface area contributed by atoms with E-state index in [9.17, 15) is 4.39 Å². The van der Waals surface area contributed by atoms with Crippen LogP contribution in [0, 0.1) is 17.7 Å². The van der Waals surface area contributed by atoms with Crippen molar-refractivity contribution < 1.29 is 9.13 Å². The first kappa shape index (κ1) is 17.2. The summed E-state index contributed by atoms with van der Waals surface area (Å²) >= 11 is 0. The molecule has 3 rings (SSSR count). The molecule has 0 amide bonds. The summed E-state index contributed by atoms with van der Waals surface area (Å²) in [6.45, 7) is 0. The molecule has 7 heteroatoms. The van der Waals surface area contributed by atoms with Crippen LogP contribution in [0.25, 0.3) is 0 Å². The Hall–Kier alpha value is -3.17. The van der Waals surface area contributed by atoms with Gasteiger partial charge >= 0.3 is 0 Å². The molecule has 0 aliphatic rings. The van der Waals surface area contributed by atoms with Crippen molar-refractivity contribution in [2.75, 3.05) is 5.73 Å². The number of hydrogen-bond donors (Lipinski definition) is 1. The second-order valence-corrected chi connectivity index (χ2v) is 4.52. The van der Waals surface area contributed by atoms with E-state index in [1.54, 1.807) is 36.7 Å². The van der Waals surface area contributed by atoms with Crippen molar-refractivity contribution in [3.05, 3.63) is 72.1 Å². The largest absolute Gasteiger partial charge is 0.456 e. The number of halogens is 2. The van der Waals surface area contributed by atoms with E-state index in [0.29, 0.717) is 22.8 Å². The molecule has 1 aromatic carbocycles. The molecule has 0 aliphatic heterocycles. The van der Waals surface area contributed by atoms with Crippen LogP contribution in [0.15, 0.2) is 55.0 Å². The van der Waals surface area contributed by atoms with Gasteiger partial charge in [0, 0.05) is 24.0 Å². The summed E-state index contributed by atoms with van der Waals surface area (Å²) in [5.74, 6) is 6.17. The van der Waals surface area contributed by atoms with Gasteiger partial charge < -0.3 is 10.5 Å². The smallest absolute Gasteiger partial charge is 0.221 e. The molecule has 0 radical (unpaired) electrons. The normalized spacial score (nSPS) is 9.38. The van der Waals surface area contributed by atoms with Gasteiger partial charge in [0.15, 0.2) is 0 Å². The van der Waals surface area contributed by atoms with Crippen LogP contribution in [-0.2, 0) is 0 Å². The number of anilines is 1. The van der Waals surface area contributed by atoms with Crippen molar-refractivity contribution in [2.45, 2.75) is 0 Å². The third-order valence-corrected chi connectivity index (χ3v) is 2.75. The number of benzene rings is 1. The first-order valence-corrected chi connectivity index (χ1v) is 6.68. The van der Waals surface area contributed by atoms with Gasteiger partial charge in [0.2, 0.25) is 5.95 Å². The van der Waals surface area contributed by atoms with E-state index in [-0.39, 0.29) is 18.4 Å². The van der Waals surface area contributed by atoms with Crippen LogP contribution in [0.3, 0.4) is 0 Å². The van der Waals surface area contributed by atoms with Crippen molar-refractivity contribution in [3.63, 3.8) is 0 Å². The van der Waals surface area contributed by atoms with Gasteiger partial charge in [0.05, 0.1) is 6.20 Å². The predicted molar refractivity (Wildman–Crippen MR) is 90.4 cm³/mol. The molecule has 0 unspecified atom stereocenters. The molecule has 3 aromatic rings. The maximum atomic E-state index is 13.7. The lowest BCUT2D eigenvalue weighted by Gasteiger charge is -2.05. The molecule has 0 bridgehead atoms. The van der Waals surface area contributed by atoms with E-state index < -0.39 is 5.82 Å². The highest BCUT2D eigenvalue weighted by Gasteiger charge is 2.02. The number of nitrogen functional groups attached to an aromatic ring is 1. The highest BCUT2D eigenvalue weighted by molar-refractivity contribution is 5.85. The minimum absolute atomic E-state index is 0. The molecule has 24 heavy (non-hydrogen) atoms. The highest BCUT2D eigenvalue weighted by Crippen LogP contribution is 2.22. The average Bonchev–Trinajstić information content (AvgIpc) is 2.53. The lowest BCUT2D eigenvalue weighted by atomic mass is 10.2. The van der Waals surface area contributed by atoms with Crippen LogP contribution in [-0.4, -0.2) is 15.0 Å². The van der Waals surface area contributed by atoms with Gasteiger partial charge in [-0.3, -0.25) is 4.98 Å². The van der Waals surface area contributed by atoms with E-state index >= 15 is 0 Å². The Balaban J connectivity index is 0.00000208. The monoisotopic (exact) mass is 342 g/mol. The number of aromatic nitrogens is 3. The molecule has 0 atom stereocenters. The number of nitrogens with zero attached hydrogens (tertiary/aromatic N) is 3. The minimum Gasteiger partial charge on any atom is -0.456 e. The predicted octanol–water partition coefficient (Wildman–Crippen LogP) is 3.21.